The number of hydrogen-bond donors (Lipinski definition) is 2. The molecular formula is C7H11N3. The zero-order valence-electron chi connectivity index (χ0n) is 5.91. The van der Waals surface area contributed by atoms with Crippen molar-refractivity contribution in [3.8, 4) is 0 Å². The normalized spacial score (nSPS) is 9.40. The number of anilines is 2. The van der Waals surface area contributed by atoms with Gasteiger partial charge in [0.25, 0.3) is 0 Å². The van der Waals surface area contributed by atoms with Crippen LogP contribution in [0.1, 0.15) is 0 Å². The summed E-state index contributed by atoms with van der Waals surface area (Å²) in [6.45, 7) is 0. The smallest absolute Gasteiger partial charge is 0.0515 e. The first-order valence-corrected chi connectivity index (χ1v) is 3.04. The van der Waals surface area contributed by atoms with Crippen molar-refractivity contribution in [1.82, 2.24) is 0 Å². The topological polar surface area (TPSA) is 55.3 Å². The SMILES string of the molecule is CN(N)c1ccc(N)cc1. The van der Waals surface area contributed by atoms with Gasteiger partial charge in [-0.3, -0.25) is 0 Å². The van der Waals surface area contributed by atoms with Gasteiger partial charge in [-0.05, 0) is 24.3 Å². The predicted molar refractivity (Wildman–Crippen MR) is 43.4 cm³/mol. The van der Waals surface area contributed by atoms with Gasteiger partial charge in [-0.1, -0.05) is 0 Å². The molecule has 4 N–H and O–H groups in total. The number of hydrogen-bond acceptors (Lipinski definition) is 3. The molecule has 1 aromatic rings. The first kappa shape index (κ1) is 6.89. The van der Waals surface area contributed by atoms with E-state index < -0.39 is 0 Å². The molecule has 0 atom stereocenters. The van der Waals surface area contributed by atoms with Gasteiger partial charge < -0.3 is 10.7 Å². The van der Waals surface area contributed by atoms with Gasteiger partial charge in [-0.2, -0.15) is 0 Å². The zero-order chi connectivity index (χ0) is 7.56. The van der Waals surface area contributed by atoms with E-state index in [2.05, 4.69) is 0 Å². The highest BCUT2D eigenvalue weighted by Crippen LogP contribution is 2.11. The number of nitrogens with two attached hydrogens (primary N) is 2. The van der Waals surface area contributed by atoms with Crippen molar-refractivity contribution >= 4 is 11.4 Å². The third-order valence-corrected chi connectivity index (χ3v) is 1.30. The minimum Gasteiger partial charge on any atom is -0.399 e. The Labute approximate surface area is 60.2 Å². The Morgan fingerprint density at radius 3 is 2.10 bits per heavy atom. The lowest BCUT2D eigenvalue weighted by molar-refractivity contribution is 1.02. The second-order valence-corrected chi connectivity index (χ2v) is 2.20. The maximum absolute atomic E-state index is 5.47. The van der Waals surface area contributed by atoms with Gasteiger partial charge in [0.1, 0.15) is 0 Å². The predicted octanol–water partition coefficient (Wildman–Crippen LogP) is 0.579. The highest BCUT2D eigenvalue weighted by atomic mass is 15.4. The van der Waals surface area contributed by atoms with Gasteiger partial charge in [0, 0.05) is 12.7 Å². The maximum Gasteiger partial charge on any atom is 0.0515 e. The van der Waals surface area contributed by atoms with Crippen LogP contribution in [-0.4, -0.2) is 7.05 Å². The van der Waals surface area contributed by atoms with Crippen molar-refractivity contribution in [2.45, 2.75) is 0 Å². The largest absolute Gasteiger partial charge is 0.399 e. The average molecular weight is 137 g/mol. The molecule has 54 valence electrons. The minimum absolute atomic E-state index is 0.755. The summed E-state index contributed by atoms with van der Waals surface area (Å²) in [7, 11) is 1.78. The summed E-state index contributed by atoms with van der Waals surface area (Å²) < 4.78 is 0. The molecule has 0 spiro atoms. The summed E-state index contributed by atoms with van der Waals surface area (Å²) in [5, 5.41) is 1.54. The molecule has 1 rings (SSSR count). The number of rotatable bonds is 1. The second kappa shape index (κ2) is 2.58. The minimum atomic E-state index is 0.755. The van der Waals surface area contributed by atoms with Gasteiger partial charge in [0.05, 0.1) is 5.69 Å². The van der Waals surface area contributed by atoms with Crippen LogP contribution in [0.3, 0.4) is 0 Å². The van der Waals surface area contributed by atoms with E-state index in [1.807, 2.05) is 24.3 Å². The van der Waals surface area contributed by atoms with Crippen LogP contribution in [0.25, 0.3) is 0 Å². The van der Waals surface area contributed by atoms with Crippen molar-refractivity contribution in [2.24, 2.45) is 5.84 Å². The van der Waals surface area contributed by atoms with E-state index in [4.69, 9.17) is 11.6 Å². The van der Waals surface area contributed by atoms with Crippen LogP contribution in [-0.2, 0) is 0 Å². The Morgan fingerprint density at radius 1 is 1.20 bits per heavy atom. The summed E-state index contributed by atoms with van der Waals surface area (Å²) >= 11 is 0. The van der Waals surface area contributed by atoms with Crippen molar-refractivity contribution in [3.63, 3.8) is 0 Å². The Morgan fingerprint density at radius 2 is 1.70 bits per heavy atom. The molecule has 10 heavy (non-hydrogen) atoms. The molecule has 3 nitrogen and oxygen atoms in total. The molecule has 0 heterocycles. The van der Waals surface area contributed by atoms with E-state index in [9.17, 15) is 0 Å². The number of nitrogens with zero attached hydrogens (tertiary/aromatic N) is 1. The van der Waals surface area contributed by atoms with Crippen LogP contribution in [0, 0.1) is 0 Å². The molecule has 0 bridgehead atoms. The van der Waals surface area contributed by atoms with E-state index in [1.54, 1.807) is 12.1 Å². The van der Waals surface area contributed by atoms with Crippen LogP contribution in [0.4, 0.5) is 11.4 Å². The molecule has 3 heteroatoms. The summed E-state index contributed by atoms with van der Waals surface area (Å²) in [5.41, 5.74) is 7.18. The Bertz CT molecular complexity index is 203. The van der Waals surface area contributed by atoms with Crippen LogP contribution in [0.2, 0.25) is 0 Å². The lowest BCUT2D eigenvalue weighted by Gasteiger charge is -2.10. The molecule has 0 saturated carbocycles. The first-order chi connectivity index (χ1) is 4.70. The molecule has 0 aromatic heterocycles. The molecule has 0 fully saturated rings. The third kappa shape index (κ3) is 1.39. The number of hydrazine groups is 1. The Hall–Kier alpha value is -1.22. The monoisotopic (exact) mass is 137 g/mol. The number of benzene rings is 1. The molecule has 1 aromatic carbocycles. The van der Waals surface area contributed by atoms with E-state index in [0.717, 1.165) is 11.4 Å². The lowest BCUT2D eigenvalue weighted by Crippen LogP contribution is -2.24. The highest BCUT2D eigenvalue weighted by molar-refractivity contribution is 5.51. The molecule has 0 aliphatic heterocycles. The van der Waals surface area contributed by atoms with Crippen LogP contribution >= 0.6 is 0 Å². The van der Waals surface area contributed by atoms with Gasteiger partial charge in [0.15, 0.2) is 0 Å². The third-order valence-electron chi connectivity index (χ3n) is 1.30. The highest BCUT2D eigenvalue weighted by Gasteiger charge is 1.91. The molecule has 0 aliphatic carbocycles. The van der Waals surface area contributed by atoms with Crippen molar-refractivity contribution < 1.29 is 0 Å². The number of nitrogen functional groups attached to an aromatic ring is 1. The quantitative estimate of drug-likeness (QED) is 0.338. The molecular weight excluding hydrogens is 126 g/mol. The lowest BCUT2D eigenvalue weighted by atomic mass is 10.3. The van der Waals surface area contributed by atoms with Crippen molar-refractivity contribution in [2.75, 3.05) is 17.8 Å². The summed E-state index contributed by atoms with van der Waals surface area (Å²) in [4.78, 5) is 0. The summed E-state index contributed by atoms with van der Waals surface area (Å²) in [5.74, 6) is 5.46. The first-order valence-electron chi connectivity index (χ1n) is 3.04. The fourth-order valence-electron chi connectivity index (χ4n) is 0.709. The van der Waals surface area contributed by atoms with Crippen LogP contribution < -0.4 is 16.6 Å². The van der Waals surface area contributed by atoms with E-state index in [-0.39, 0.29) is 0 Å². The van der Waals surface area contributed by atoms with Gasteiger partial charge in [0.2, 0.25) is 0 Å². The standard InChI is InChI=1S/C7H11N3/c1-10(9)7-4-2-6(8)3-5-7/h2-5H,8-9H2,1H3. The van der Waals surface area contributed by atoms with Crippen LogP contribution in [0.15, 0.2) is 24.3 Å². The van der Waals surface area contributed by atoms with Gasteiger partial charge >= 0.3 is 0 Å². The molecule has 0 aliphatic rings. The van der Waals surface area contributed by atoms with E-state index in [1.165, 1.54) is 0 Å². The molecule has 0 radical (unpaired) electrons. The molecule has 0 amide bonds. The molecule has 0 saturated heterocycles. The fourth-order valence-corrected chi connectivity index (χ4v) is 0.709. The average Bonchev–Trinajstić information content (AvgIpc) is 1.88. The Balaban J connectivity index is 2.89. The summed E-state index contributed by atoms with van der Waals surface area (Å²) in [6.07, 6.45) is 0. The zero-order valence-corrected chi connectivity index (χ0v) is 5.91. The molecule has 0 unspecified atom stereocenters. The maximum atomic E-state index is 5.47. The second-order valence-electron chi connectivity index (χ2n) is 2.20. The fraction of sp³-hybridized carbons (Fsp3) is 0.143. The van der Waals surface area contributed by atoms with Crippen LogP contribution in [0.5, 0.6) is 0 Å². The van der Waals surface area contributed by atoms with E-state index >= 15 is 0 Å². The van der Waals surface area contributed by atoms with Gasteiger partial charge in [-0.15, -0.1) is 0 Å². The van der Waals surface area contributed by atoms with Crippen molar-refractivity contribution in [3.05, 3.63) is 24.3 Å². The summed E-state index contributed by atoms with van der Waals surface area (Å²) in [6, 6.07) is 7.38. The van der Waals surface area contributed by atoms with E-state index in [0.29, 0.717) is 0 Å². The van der Waals surface area contributed by atoms with Gasteiger partial charge in [-0.25, -0.2) is 5.84 Å². The van der Waals surface area contributed by atoms with Crippen molar-refractivity contribution in [1.29, 1.82) is 0 Å². The Kier molecular flexibility index (Phi) is 1.78.